The molecular formula is C66H72N4O14. The zero-order valence-electron chi connectivity index (χ0n) is 48.7. The van der Waals surface area contributed by atoms with Crippen LogP contribution >= 0.6 is 0 Å². The van der Waals surface area contributed by atoms with Gasteiger partial charge in [-0.05, 0) is 123 Å². The largest absolute Gasteiger partial charge is 0.496 e. The van der Waals surface area contributed by atoms with E-state index < -0.39 is 71.3 Å². The van der Waals surface area contributed by atoms with Crippen molar-refractivity contribution in [3.8, 4) is 23.0 Å². The Bertz CT molecular complexity index is 3220. The van der Waals surface area contributed by atoms with Crippen molar-refractivity contribution >= 4 is 52.8 Å². The van der Waals surface area contributed by atoms with Crippen molar-refractivity contribution in [3.63, 3.8) is 0 Å². The van der Waals surface area contributed by atoms with Gasteiger partial charge in [-0.25, -0.2) is 9.59 Å². The summed E-state index contributed by atoms with van der Waals surface area (Å²) >= 11 is 0. The summed E-state index contributed by atoms with van der Waals surface area (Å²) in [5.74, 6) is -3.90. The van der Waals surface area contributed by atoms with E-state index in [0.717, 1.165) is 40.7 Å². The second-order valence-electron chi connectivity index (χ2n) is 20.4. The Morgan fingerprint density at radius 2 is 0.905 bits per heavy atom. The van der Waals surface area contributed by atoms with E-state index in [0.29, 0.717) is 71.9 Å². The molecule has 0 spiro atoms. The van der Waals surface area contributed by atoms with Gasteiger partial charge in [0, 0.05) is 40.9 Å². The molecule has 2 heterocycles. The molecule has 2 aliphatic heterocycles. The molecule has 6 aromatic carbocycles. The van der Waals surface area contributed by atoms with E-state index in [1.807, 2.05) is 97.1 Å². The number of carbonyl (C=O) groups excluding carboxylic acids is 8. The Morgan fingerprint density at radius 3 is 1.36 bits per heavy atom. The molecule has 0 aromatic heterocycles. The van der Waals surface area contributed by atoms with Crippen LogP contribution in [0.5, 0.6) is 23.0 Å². The van der Waals surface area contributed by atoms with Crippen LogP contribution in [-0.4, -0.2) is 119 Å². The molecule has 0 saturated heterocycles. The predicted molar refractivity (Wildman–Crippen MR) is 314 cm³/mol. The third kappa shape index (κ3) is 15.0. The number of para-hydroxylation sites is 1. The van der Waals surface area contributed by atoms with Crippen LogP contribution < -0.4 is 34.5 Å². The molecule has 0 aliphatic carbocycles. The monoisotopic (exact) mass is 1140 g/mol. The standard InChI is InChI=1S/2C33H36N2O7/c1-21-28(40-2)19-24(20-29(21)41-3)30(36)32(38)35-26-16-9-8-14-23(26)17-18-27(35)31(37)34-25(33(39)42-4)15-10-13-22-11-6-5-7-12-22;1-21-28(40-2)18-25(19-29(21)41-3)30(36)32(38)35-20-24-15-9-8-14-23(24)17-27(35)31(37)34-26(33(39)42-4)16-10-13-22-11-6-5-7-12-22/h5-9,11-12,14,16,19-20,25,27H,10,13,15,17-18H2,1-4H3,(H,34,37);5-9,11-12,14-15,18-19,26-27H,10,13,16-17,20H2,1-4H3,(H,34,37)/t25?,27-;26?,27-/m00/s1. The molecule has 6 aromatic rings. The summed E-state index contributed by atoms with van der Waals surface area (Å²) < 4.78 is 31.5. The van der Waals surface area contributed by atoms with Gasteiger partial charge in [0.1, 0.15) is 47.2 Å². The van der Waals surface area contributed by atoms with Crippen LogP contribution in [0.1, 0.15) is 91.8 Å². The van der Waals surface area contributed by atoms with Crippen LogP contribution in [0, 0.1) is 13.8 Å². The Hall–Kier alpha value is -9.32. The minimum Gasteiger partial charge on any atom is -0.496 e. The Morgan fingerprint density at radius 1 is 0.500 bits per heavy atom. The predicted octanol–water partition coefficient (Wildman–Crippen LogP) is 8.05. The SMILES string of the molecule is COC(=O)C(CCCc1ccccc1)NC(=O)[C@@H]1CCc2ccccc2N1C(=O)C(=O)c1cc(OC)c(C)c(OC)c1.COC(=O)C(CCCc1ccccc1)NC(=O)[C@@H]1Cc2ccccc2CN1C(=O)C(=O)c1cc(OC)c(C)c(OC)c1. The minimum absolute atomic E-state index is 0.0653. The number of carbonyl (C=O) groups is 8. The maximum absolute atomic E-state index is 13.9. The normalized spacial score (nSPS) is 14.8. The van der Waals surface area contributed by atoms with Gasteiger partial charge in [0.2, 0.25) is 11.8 Å². The lowest BCUT2D eigenvalue weighted by atomic mass is 9.92. The summed E-state index contributed by atoms with van der Waals surface area (Å²) in [6, 6.07) is 36.5. The highest BCUT2D eigenvalue weighted by atomic mass is 16.5. The van der Waals surface area contributed by atoms with E-state index in [-0.39, 0.29) is 30.5 Å². The van der Waals surface area contributed by atoms with E-state index in [2.05, 4.69) is 10.6 Å². The number of methoxy groups -OCH3 is 6. The highest BCUT2D eigenvalue weighted by molar-refractivity contribution is 6.48. The van der Waals surface area contributed by atoms with Gasteiger partial charge in [0.25, 0.3) is 23.4 Å². The topological polar surface area (TPSA) is 222 Å². The summed E-state index contributed by atoms with van der Waals surface area (Å²) in [5.41, 5.74) is 6.84. The van der Waals surface area contributed by atoms with Crippen molar-refractivity contribution in [2.24, 2.45) is 0 Å². The lowest BCUT2D eigenvalue weighted by molar-refractivity contribution is -0.147. The summed E-state index contributed by atoms with van der Waals surface area (Å²) in [5, 5.41) is 5.61. The second kappa shape index (κ2) is 29.6. The third-order valence-electron chi connectivity index (χ3n) is 15.2. The average molecular weight is 1150 g/mol. The molecule has 0 radical (unpaired) electrons. The van der Waals surface area contributed by atoms with E-state index in [9.17, 15) is 38.4 Å². The Labute approximate surface area is 489 Å². The van der Waals surface area contributed by atoms with E-state index in [1.54, 1.807) is 26.0 Å². The van der Waals surface area contributed by atoms with Crippen LogP contribution in [0.2, 0.25) is 0 Å². The smallest absolute Gasteiger partial charge is 0.328 e. The molecule has 2 unspecified atom stereocenters. The van der Waals surface area contributed by atoms with Crippen molar-refractivity contribution in [2.45, 2.75) is 102 Å². The molecule has 0 bridgehead atoms. The number of rotatable bonds is 22. The van der Waals surface area contributed by atoms with Gasteiger partial charge in [0.05, 0.1) is 42.7 Å². The van der Waals surface area contributed by atoms with Crippen molar-refractivity contribution in [3.05, 3.63) is 184 Å². The van der Waals surface area contributed by atoms with Crippen LogP contribution in [0.3, 0.4) is 0 Å². The lowest BCUT2D eigenvalue weighted by Gasteiger charge is -2.36. The number of hydrogen-bond acceptors (Lipinski definition) is 14. The quantitative estimate of drug-likeness (QED) is 0.0373. The fraction of sp³-hybridized carbons (Fsp3) is 0.333. The van der Waals surface area contributed by atoms with E-state index in [4.69, 9.17) is 28.4 Å². The fourth-order valence-electron chi connectivity index (χ4n) is 10.6. The summed E-state index contributed by atoms with van der Waals surface area (Å²) in [6.45, 7) is 3.63. The van der Waals surface area contributed by atoms with Gasteiger partial charge in [-0.2, -0.15) is 0 Å². The minimum atomic E-state index is -1.01. The van der Waals surface area contributed by atoms with Gasteiger partial charge in [-0.15, -0.1) is 0 Å². The Balaban J connectivity index is 0.000000241. The van der Waals surface area contributed by atoms with Gasteiger partial charge in [0.15, 0.2) is 0 Å². The summed E-state index contributed by atoms with van der Waals surface area (Å²) in [7, 11) is 8.42. The number of nitrogens with one attached hydrogen (secondary N) is 2. The fourth-order valence-corrected chi connectivity index (χ4v) is 10.6. The lowest BCUT2D eigenvalue weighted by Crippen LogP contribution is -2.56. The van der Waals surface area contributed by atoms with Crippen molar-refractivity contribution in [2.75, 3.05) is 47.6 Å². The first-order valence-corrected chi connectivity index (χ1v) is 27.7. The maximum Gasteiger partial charge on any atom is 0.328 e. The first kappa shape index (κ1) is 62.3. The molecule has 18 nitrogen and oxygen atoms in total. The molecular weight excluding hydrogens is 1070 g/mol. The number of fused-ring (bicyclic) bond motifs is 2. The molecule has 18 heteroatoms. The van der Waals surface area contributed by atoms with Gasteiger partial charge in [-0.3, -0.25) is 33.7 Å². The van der Waals surface area contributed by atoms with Gasteiger partial charge in [-0.1, -0.05) is 103 Å². The second-order valence-corrected chi connectivity index (χ2v) is 20.4. The molecule has 440 valence electrons. The van der Waals surface area contributed by atoms with Gasteiger partial charge >= 0.3 is 11.9 Å². The number of ether oxygens (including phenoxy) is 6. The first-order chi connectivity index (χ1) is 40.5. The molecule has 0 saturated carbocycles. The van der Waals surface area contributed by atoms with Gasteiger partial charge < -0.3 is 44.0 Å². The average Bonchev–Trinajstić information content (AvgIpc) is 2.98. The summed E-state index contributed by atoms with van der Waals surface area (Å²) in [6.07, 6.45) is 4.42. The molecule has 2 aliphatic rings. The van der Waals surface area contributed by atoms with Crippen LogP contribution in [0.15, 0.2) is 133 Å². The molecule has 4 atom stereocenters. The van der Waals surface area contributed by atoms with E-state index in [1.165, 1.54) is 76.7 Å². The molecule has 84 heavy (non-hydrogen) atoms. The maximum atomic E-state index is 13.9. The third-order valence-corrected chi connectivity index (χ3v) is 15.2. The molecule has 8 rings (SSSR count). The number of amides is 4. The zero-order chi connectivity index (χ0) is 60.5. The number of anilines is 1. The highest BCUT2D eigenvalue weighted by Gasteiger charge is 2.41. The van der Waals surface area contributed by atoms with Crippen molar-refractivity contribution < 1.29 is 66.8 Å². The summed E-state index contributed by atoms with van der Waals surface area (Å²) in [4.78, 5) is 110. The number of ketones is 2. The molecule has 4 amide bonds. The number of Topliss-reactive ketones (excluding diaryl/α,β-unsaturated/α-hetero) is 2. The zero-order valence-corrected chi connectivity index (χ0v) is 48.7. The van der Waals surface area contributed by atoms with Crippen molar-refractivity contribution in [1.29, 1.82) is 0 Å². The van der Waals surface area contributed by atoms with Crippen LogP contribution in [0.25, 0.3) is 0 Å². The number of aryl methyl sites for hydroxylation is 3. The number of benzene rings is 6. The highest BCUT2D eigenvalue weighted by Crippen LogP contribution is 2.35. The molecule has 2 N–H and O–H groups in total. The van der Waals surface area contributed by atoms with Crippen LogP contribution in [0.4, 0.5) is 5.69 Å². The Kier molecular flexibility index (Phi) is 21.9. The number of esters is 2. The number of hydrogen-bond donors (Lipinski definition) is 2. The van der Waals surface area contributed by atoms with Crippen LogP contribution in [-0.2, 0) is 70.5 Å². The molecule has 0 fully saturated rings. The number of nitrogens with zero attached hydrogens (tertiary/aromatic N) is 2. The first-order valence-electron chi connectivity index (χ1n) is 27.7. The van der Waals surface area contributed by atoms with Crippen molar-refractivity contribution in [1.82, 2.24) is 15.5 Å². The van der Waals surface area contributed by atoms with E-state index >= 15 is 0 Å².